The van der Waals surface area contributed by atoms with Gasteiger partial charge in [0.25, 0.3) is 0 Å². The van der Waals surface area contributed by atoms with Gasteiger partial charge in [-0.3, -0.25) is 4.68 Å². The molecule has 0 aliphatic carbocycles. The zero-order valence-corrected chi connectivity index (χ0v) is 9.42. The minimum Gasteiger partial charge on any atom is -0.387 e. The average Bonchev–Trinajstić information content (AvgIpc) is 2.53. The van der Waals surface area contributed by atoms with E-state index in [2.05, 4.69) is 23.9 Å². The molecule has 78 valence electrons. The van der Waals surface area contributed by atoms with Crippen molar-refractivity contribution in [2.45, 2.75) is 33.2 Å². The van der Waals surface area contributed by atoms with Gasteiger partial charge in [0.1, 0.15) is 11.3 Å². The summed E-state index contributed by atoms with van der Waals surface area (Å²) >= 11 is 4.78. The Hall–Kier alpha value is -0.970. The van der Waals surface area contributed by atoms with Gasteiger partial charge in [-0.05, 0) is 12.3 Å². The fourth-order valence-electron chi connectivity index (χ4n) is 1.40. The first-order valence-electron chi connectivity index (χ1n) is 4.82. The molecule has 0 saturated carbocycles. The molecular weight excluding hydrogens is 196 g/mol. The first-order chi connectivity index (χ1) is 6.63. The molecule has 0 spiro atoms. The van der Waals surface area contributed by atoms with Crippen LogP contribution >= 0.6 is 12.2 Å². The molecule has 0 bridgehead atoms. The van der Waals surface area contributed by atoms with Crippen LogP contribution in [0.1, 0.15) is 32.5 Å². The van der Waals surface area contributed by atoms with Gasteiger partial charge in [0.05, 0.1) is 0 Å². The summed E-state index contributed by atoms with van der Waals surface area (Å²) in [6, 6.07) is 0. The molecule has 1 rings (SSSR count). The van der Waals surface area contributed by atoms with Gasteiger partial charge in [-0.25, -0.2) is 4.98 Å². The Morgan fingerprint density at radius 3 is 2.93 bits per heavy atom. The van der Waals surface area contributed by atoms with Crippen molar-refractivity contribution < 1.29 is 0 Å². The first-order valence-corrected chi connectivity index (χ1v) is 5.23. The molecule has 14 heavy (non-hydrogen) atoms. The molecule has 1 aromatic heterocycles. The van der Waals surface area contributed by atoms with Crippen LogP contribution in [0, 0.1) is 5.92 Å². The van der Waals surface area contributed by atoms with Crippen molar-refractivity contribution in [1.29, 1.82) is 0 Å². The Kier molecular flexibility index (Phi) is 4.00. The van der Waals surface area contributed by atoms with E-state index in [4.69, 9.17) is 18.0 Å². The van der Waals surface area contributed by atoms with Crippen molar-refractivity contribution in [3.63, 3.8) is 0 Å². The molecule has 0 saturated heterocycles. The van der Waals surface area contributed by atoms with Crippen molar-refractivity contribution >= 4 is 17.2 Å². The summed E-state index contributed by atoms with van der Waals surface area (Å²) in [7, 11) is 0. The summed E-state index contributed by atoms with van der Waals surface area (Å²) in [5.74, 6) is 1.07. The summed E-state index contributed by atoms with van der Waals surface area (Å²) in [4.78, 5) is 4.27. The molecule has 2 N–H and O–H groups in total. The maximum absolute atomic E-state index is 5.41. The Balaban J connectivity index is 2.55. The molecule has 1 unspecified atom stereocenters. The van der Waals surface area contributed by atoms with Gasteiger partial charge < -0.3 is 5.73 Å². The first kappa shape index (κ1) is 11.1. The Morgan fingerprint density at radius 2 is 2.43 bits per heavy atom. The molecule has 5 heteroatoms. The molecule has 0 radical (unpaired) electrons. The van der Waals surface area contributed by atoms with Crippen molar-refractivity contribution in [2.24, 2.45) is 11.7 Å². The predicted octanol–water partition coefficient (Wildman–Crippen LogP) is 1.35. The van der Waals surface area contributed by atoms with Crippen molar-refractivity contribution in [2.75, 3.05) is 0 Å². The Bertz CT molecular complexity index is 308. The summed E-state index contributed by atoms with van der Waals surface area (Å²) in [5, 5.41) is 4.17. The van der Waals surface area contributed by atoms with Crippen molar-refractivity contribution in [3.8, 4) is 0 Å². The van der Waals surface area contributed by atoms with E-state index in [-0.39, 0.29) is 4.99 Å². The van der Waals surface area contributed by atoms with Gasteiger partial charge >= 0.3 is 0 Å². The summed E-state index contributed by atoms with van der Waals surface area (Å²) in [6.45, 7) is 5.26. The van der Waals surface area contributed by atoms with Gasteiger partial charge in [-0.15, -0.1) is 5.10 Å². The minimum atomic E-state index is 0.256. The number of hydrogen-bond acceptors (Lipinski definition) is 3. The molecule has 4 nitrogen and oxygen atoms in total. The molecular formula is C9H16N4S. The van der Waals surface area contributed by atoms with Crippen LogP contribution in [0.15, 0.2) is 6.33 Å². The maximum Gasteiger partial charge on any atom is 0.208 e. The summed E-state index contributed by atoms with van der Waals surface area (Å²) in [5.41, 5.74) is 5.41. The molecule has 0 aromatic carbocycles. The highest BCUT2D eigenvalue weighted by molar-refractivity contribution is 7.80. The number of nitrogens with two attached hydrogens (primary N) is 1. The van der Waals surface area contributed by atoms with Crippen LogP contribution in [0.5, 0.6) is 0 Å². The molecule has 0 aliphatic heterocycles. The lowest BCUT2D eigenvalue weighted by Gasteiger charge is -2.08. The molecule has 0 amide bonds. The second kappa shape index (κ2) is 5.05. The standard InChI is InChI=1S/C9H16N4S/c1-3-4-7(2)5-13-6-11-9(12-13)8(10)14/h6-7H,3-5H2,1-2H3,(H2,10,14). The van der Waals surface area contributed by atoms with Gasteiger partial charge in [0.15, 0.2) is 0 Å². The van der Waals surface area contributed by atoms with Gasteiger partial charge in [-0.1, -0.05) is 32.5 Å². The molecule has 1 heterocycles. The van der Waals surface area contributed by atoms with E-state index in [1.54, 1.807) is 11.0 Å². The fraction of sp³-hybridized carbons (Fsp3) is 0.667. The Labute approximate surface area is 89.5 Å². The highest BCUT2D eigenvalue weighted by Gasteiger charge is 2.06. The fourth-order valence-corrected chi connectivity index (χ4v) is 1.49. The summed E-state index contributed by atoms with van der Waals surface area (Å²) in [6.07, 6.45) is 4.07. The average molecular weight is 212 g/mol. The van der Waals surface area contributed by atoms with Crippen LogP contribution in [0.25, 0.3) is 0 Å². The third kappa shape index (κ3) is 3.06. The van der Waals surface area contributed by atoms with Crippen molar-refractivity contribution in [3.05, 3.63) is 12.2 Å². The van der Waals surface area contributed by atoms with Crippen LogP contribution in [0.4, 0.5) is 0 Å². The van der Waals surface area contributed by atoms with E-state index in [0.29, 0.717) is 11.7 Å². The largest absolute Gasteiger partial charge is 0.387 e. The van der Waals surface area contributed by atoms with Gasteiger partial charge in [0.2, 0.25) is 5.82 Å². The smallest absolute Gasteiger partial charge is 0.208 e. The highest BCUT2D eigenvalue weighted by atomic mass is 32.1. The number of thiocarbonyl (C=S) groups is 1. The molecule has 1 atom stereocenters. The summed E-state index contributed by atoms with van der Waals surface area (Å²) < 4.78 is 1.80. The van der Waals surface area contributed by atoms with E-state index in [9.17, 15) is 0 Å². The van der Waals surface area contributed by atoms with Crippen LogP contribution in [-0.2, 0) is 6.54 Å². The molecule has 0 aliphatic rings. The van der Waals surface area contributed by atoms with E-state index in [1.807, 2.05) is 0 Å². The minimum absolute atomic E-state index is 0.256. The van der Waals surface area contributed by atoms with Gasteiger partial charge in [0, 0.05) is 6.54 Å². The normalized spacial score (nSPS) is 12.7. The third-order valence-corrected chi connectivity index (χ3v) is 2.22. The Morgan fingerprint density at radius 1 is 1.71 bits per heavy atom. The van der Waals surface area contributed by atoms with Gasteiger partial charge in [-0.2, -0.15) is 0 Å². The predicted molar refractivity (Wildman–Crippen MR) is 60.0 cm³/mol. The topological polar surface area (TPSA) is 56.7 Å². The monoisotopic (exact) mass is 212 g/mol. The number of hydrogen-bond donors (Lipinski definition) is 1. The zero-order chi connectivity index (χ0) is 10.6. The number of nitrogens with zero attached hydrogens (tertiary/aromatic N) is 3. The van der Waals surface area contributed by atoms with E-state index in [1.165, 1.54) is 12.8 Å². The second-order valence-electron chi connectivity index (χ2n) is 3.55. The highest BCUT2D eigenvalue weighted by Crippen LogP contribution is 2.07. The third-order valence-electron chi connectivity index (χ3n) is 2.04. The SMILES string of the molecule is CCCC(C)Cn1cnc(C(N)=S)n1. The van der Waals surface area contributed by atoms with Crippen LogP contribution < -0.4 is 5.73 Å². The lowest BCUT2D eigenvalue weighted by Crippen LogP contribution is -2.13. The number of aromatic nitrogens is 3. The van der Waals surface area contributed by atoms with E-state index < -0.39 is 0 Å². The van der Waals surface area contributed by atoms with Crippen LogP contribution in [0.2, 0.25) is 0 Å². The molecule has 0 fully saturated rings. The number of rotatable bonds is 5. The van der Waals surface area contributed by atoms with Crippen LogP contribution in [0.3, 0.4) is 0 Å². The van der Waals surface area contributed by atoms with E-state index in [0.717, 1.165) is 6.54 Å². The maximum atomic E-state index is 5.41. The van der Waals surface area contributed by atoms with E-state index >= 15 is 0 Å². The lowest BCUT2D eigenvalue weighted by molar-refractivity contribution is 0.419. The molecule has 1 aromatic rings. The second-order valence-corrected chi connectivity index (χ2v) is 3.99. The quantitative estimate of drug-likeness (QED) is 0.748. The zero-order valence-electron chi connectivity index (χ0n) is 8.60. The van der Waals surface area contributed by atoms with Crippen molar-refractivity contribution in [1.82, 2.24) is 14.8 Å². The van der Waals surface area contributed by atoms with Crippen LogP contribution in [-0.4, -0.2) is 19.8 Å². The lowest BCUT2D eigenvalue weighted by atomic mass is 10.1.